The van der Waals surface area contributed by atoms with Crippen molar-refractivity contribution in [2.24, 2.45) is 5.10 Å². The summed E-state index contributed by atoms with van der Waals surface area (Å²) in [7, 11) is 0. The van der Waals surface area contributed by atoms with E-state index in [2.05, 4.69) is 22.8 Å². The largest absolute Gasteiger partial charge is 0.340 e. The van der Waals surface area contributed by atoms with Crippen LogP contribution in [0.5, 0.6) is 0 Å². The molecule has 5 nitrogen and oxygen atoms in total. The Kier molecular flexibility index (Phi) is 10.2. The number of amides is 2. The van der Waals surface area contributed by atoms with Gasteiger partial charge in [0.05, 0.1) is 0 Å². The van der Waals surface area contributed by atoms with Crippen LogP contribution in [0.25, 0.3) is 0 Å². The zero-order chi connectivity index (χ0) is 20.7. The second-order valence-corrected chi connectivity index (χ2v) is 7.07. The molecule has 5 heteroatoms. The number of rotatable bonds is 12. The molecule has 2 rings (SSSR count). The molecule has 1 atom stereocenters. The van der Waals surface area contributed by atoms with E-state index in [1.54, 1.807) is 30.5 Å². The minimum absolute atomic E-state index is 0.276. The fraction of sp³-hybridized carbons (Fsp3) is 0.375. The number of carbonyl (C=O) groups is 2. The summed E-state index contributed by atoms with van der Waals surface area (Å²) in [4.78, 5) is 25.2. The zero-order valence-electron chi connectivity index (χ0n) is 17.1. The van der Waals surface area contributed by atoms with Gasteiger partial charge in [0, 0.05) is 18.2 Å². The topological polar surface area (TPSA) is 70.6 Å². The molecule has 0 bridgehead atoms. The molecule has 0 spiro atoms. The summed E-state index contributed by atoms with van der Waals surface area (Å²) in [5, 5.41) is 6.89. The van der Waals surface area contributed by atoms with Gasteiger partial charge in [0.2, 0.25) is 0 Å². The van der Waals surface area contributed by atoms with Crippen LogP contribution in [0, 0.1) is 0 Å². The zero-order valence-corrected chi connectivity index (χ0v) is 17.1. The molecule has 0 aliphatic carbocycles. The third kappa shape index (κ3) is 8.73. The van der Waals surface area contributed by atoms with Gasteiger partial charge in [-0.2, -0.15) is 5.10 Å². The van der Waals surface area contributed by atoms with E-state index in [0.717, 1.165) is 18.4 Å². The Bertz CT molecular complexity index is 760. The number of nitrogens with zero attached hydrogens (tertiary/aromatic N) is 1. The molecule has 0 aliphatic heterocycles. The minimum Gasteiger partial charge on any atom is -0.340 e. The number of benzene rings is 2. The lowest BCUT2D eigenvalue weighted by atomic mass is 10.0. The average molecular weight is 394 g/mol. The Morgan fingerprint density at radius 2 is 1.59 bits per heavy atom. The van der Waals surface area contributed by atoms with Gasteiger partial charge in [0.25, 0.3) is 11.8 Å². The molecule has 154 valence electrons. The summed E-state index contributed by atoms with van der Waals surface area (Å²) in [6, 6.07) is 17.8. The second kappa shape index (κ2) is 13.3. The maximum atomic E-state index is 12.6. The van der Waals surface area contributed by atoms with Crippen LogP contribution in [-0.2, 0) is 11.2 Å². The van der Waals surface area contributed by atoms with Crippen LogP contribution in [0.1, 0.15) is 61.4 Å². The molecule has 0 radical (unpaired) electrons. The third-order valence-corrected chi connectivity index (χ3v) is 4.64. The Hall–Kier alpha value is -2.95. The molecule has 2 amide bonds. The van der Waals surface area contributed by atoms with Crippen LogP contribution in [0.15, 0.2) is 65.8 Å². The van der Waals surface area contributed by atoms with E-state index in [9.17, 15) is 9.59 Å². The summed E-state index contributed by atoms with van der Waals surface area (Å²) in [5.41, 5.74) is 4.07. The van der Waals surface area contributed by atoms with Gasteiger partial charge in [-0.15, -0.1) is 0 Å². The van der Waals surface area contributed by atoms with E-state index in [-0.39, 0.29) is 11.8 Å². The predicted molar refractivity (Wildman–Crippen MR) is 118 cm³/mol. The molecule has 0 unspecified atom stereocenters. The summed E-state index contributed by atoms with van der Waals surface area (Å²) in [5.74, 6) is -0.595. The van der Waals surface area contributed by atoms with Crippen molar-refractivity contribution in [1.29, 1.82) is 0 Å². The second-order valence-electron chi connectivity index (χ2n) is 7.07. The summed E-state index contributed by atoms with van der Waals surface area (Å²) in [6.07, 6.45) is 8.94. The average Bonchev–Trinajstić information content (AvgIpc) is 2.76. The van der Waals surface area contributed by atoms with Crippen molar-refractivity contribution in [2.45, 2.75) is 57.9 Å². The smallest absolute Gasteiger partial charge is 0.262 e. The number of carbonyl (C=O) groups excluding carboxylic acids is 2. The van der Waals surface area contributed by atoms with E-state index < -0.39 is 6.04 Å². The third-order valence-electron chi connectivity index (χ3n) is 4.64. The quantitative estimate of drug-likeness (QED) is 0.317. The van der Waals surface area contributed by atoms with Crippen LogP contribution < -0.4 is 10.7 Å². The number of nitrogens with one attached hydrogen (secondary N) is 2. The number of unbranched alkanes of at least 4 members (excludes halogenated alkanes) is 5. The normalized spacial score (nSPS) is 11.9. The molecule has 2 aromatic rings. The SMILES string of the molecule is CCCCCCC/C=N\NC(=O)[C@@H](Cc1ccccc1)NC(=O)c1ccccc1. The Labute approximate surface area is 173 Å². The van der Waals surface area contributed by atoms with E-state index in [4.69, 9.17) is 0 Å². The van der Waals surface area contributed by atoms with Crippen LogP contribution in [0.4, 0.5) is 0 Å². The first-order chi connectivity index (χ1) is 14.2. The van der Waals surface area contributed by atoms with Gasteiger partial charge in [-0.25, -0.2) is 5.43 Å². The number of hydrogen-bond donors (Lipinski definition) is 2. The van der Waals surface area contributed by atoms with Gasteiger partial charge < -0.3 is 5.32 Å². The monoisotopic (exact) mass is 393 g/mol. The van der Waals surface area contributed by atoms with Crippen molar-refractivity contribution in [3.63, 3.8) is 0 Å². The maximum absolute atomic E-state index is 12.6. The van der Waals surface area contributed by atoms with Gasteiger partial charge in [0.15, 0.2) is 0 Å². The highest BCUT2D eigenvalue weighted by molar-refractivity contribution is 5.97. The van der Waals surface area contributed by atoms with Crippen LogP contribution in [0.3, 0.4) is 0 Å². The molecule has 2 aromatic carbocycles. The lowest BCUT2D eigenvalue weighted by Gasteiger charge is -2.17. The summed E-state index contributed by atoms with van der Waals surface area (Å²) < 4.78 is 0. The predicted octanol–water partition coefficient (Wildman–Crippen LogP) is 4.49. The Morgan fingerprint density at radius 1 is 0.931 bits per heavy atom. The molecule has 0 saturated heterocycles. The lowest BCUT2D eigenvalue weighted by molar-refractivity contribution is -0.122. The standard InChI is InChI=1S/C24H31N3O2/c1-2-3-4-5-6-13-18-25-27-24(29)22(19-20-14-9-7-10-15-20)26-23(28)21-16-11-8-12-17-21/h7-12,14-18,22H,2-6,13,19H2,1H3,(H,26,28)(H,27,29)/b25-18-/t22-/m1/s1. The summed E-state index contributed by atoms with van der Waals surface area (Å²) >= 11 is 0. The maximum Gasteiger partial charge on any atom is 0.262 e. The van der Waals surface area contributed by atoms with Gasteiger partial charge in [0.1, 0.15) is 6.04 Å². The molecule has 0 heterocycles. The first kappa shape index (κ1) is 22.3. The molecule has 0 fully saturated rings. The van der Waals surface area contributed by atoms with Gasteiger partial charge >= 0.3 is 0 Å². The fourth-order valence-corrected chi connectivity index (χ4v) is 2.98. The molecule has 0 saturated carbocycles. The van der Waals surface area contributed by atoms with Gasteiger partial charge in [-0.05, 0) is 30.5 Å². The molecular formula is C24H31N3O2. The van der Waals surface area contributed by atoms with Crippen molar-refractivity contribution in [3.05, 3.63) is 71.8 Å². The molecule has 0 aromatic heterocycles. The highest BCUT2D eigenvalue weighted by Crippen LogP contribution is 2.06. The van der Waals surface area contributed by atoms with Crippen LogP contribution in [-0.4, -0.2) is 24.1 Å². The first-order valence-electron chi connectivity index (χ1n) is 10.4. The Morgan fingerprint density at radius 3 is 2.28 bits per heavy atom. The number of hydrogen-bond acceptors (Lipinski definition) is 3. The van der Waals surface area contributed by atoms with E-state index >= 15 is 0 Å². The molecule has 2 N–H and O–H groups in total. The number of hydrazone groups is 1. The van der Waals surface area contributed by atoms with Gasteiger partial charge in [-0.3, -0.25) is 9.59 Å². The van der Waals surface area contributed by atoms with Gasteiger partial charge in [-0.1, -0.05) is 81.1 Å². The molecule has 0 aliphatic rings. The summed E-state index contributed by atoms with van der Waals surface area (Å²) in [6.45, 7) is 2.19. The Balaban J connectivity index is 1.91. The van der Waals surface area contributed by atoms with E-state index in [0.29, 0.717) is 12.0 Å². The highest BCUT2D eigenvalue weighted by Gasteiger charge is 2.21. The van der Waals surface area contributed by atoms with Crippen molar-refractivity contribution in [3.8, 4) is 0 Å². The van der Waals surface area contributed by atoms with Crippen LogP contribution >= 0.6 is 0 Å². The van der Waals surface area contributed by atoms with Crippen molar-refractivity contribution in [1.82, 2.24) is 10.7 Å². The fourth-order valence-electron chi connectivity index (χ4n) is 2.98. The van der Waals surface area contributed by atoms with Crippen molar-refractivity contribution in [2.75, 3.05) is 0 Å². The van der Waals surface area contributed by atoms with E-state index in [1.807, 2.05) is 36.4 Å². The molecule has 29 heavy (non-hydrogen) atoms. The van der Waals surface area contributed by atoms with Crippen LogP contribution in [0.2, 0.25) is 0 Å². The minimum atomic E-state index is -0.702. The van der Waals surface area contributed by atoms with Crippen molar-refractivity contribution < 1.29 is 9.59 Å². The van der Waals surface area contributed by atoms with Crippen molar-refractivity contribution >= 4 is 18.0 Å². The highest BCUT2D eigenvalue weighted by atomic mass is 16.2. The first-order valence-corrected chi connectivity index (χ1v) is 10.4. The van der Waals surface area contributed by atoms with E-state index in [1.165, 1.54) is 25.7 Å². The lowest BCUT2D eigenvalue weighted by Crippen LogP contribution is -2.46. The molecular weight excluding hydrogens is 362 g/mol.